The first kappa shape index (κ1) is 17.7. The van der Waals surface area contributed by atoms with Crippen molar-refractivity contribution in [1.29, 1.82) is 0 Å². The Morgan fingerprint density at radius 1 is 1.42 bits per heavy atom. The lowest BCUT2D eigenvalue weighted by Crippen LogP contribution is -2.49. The predicted molar refractivity (Wildman–Crippen MR) is 93.2 cm³/mol. The second-order valence-corrected chi connectivity index (χ2v) is 6.70. The minimum absolute atomic E-state index is 0.0156. The third-order valence-corrected chi connectivity index (χ3v) is 4.96. The number of nitrogens with one attached hydrogen (secondary N) is 1. The van der Waals surface area contributed by atoms with Crippen molar-refractivity contribution >= 4 is 17.5 Å². The summed E-state index contributed by atoms with van der Waals surface area (Å²) in [6, 6.07) is 7.72. The summed E-state index contributed by atoms with van der Waals surface area (Å²) in [7, 11) is 0. The van der Waals surface area contributed by atoms with E-state index < -0.39 is 0 Å². The zero-order valence-electron chi connectivity index (χ0n) is 13.9. The second kappa shape index (κ2) is 8.81. The summed E-state index contributed by atoms with van der Waals surface area (Å²) in [5, 5.41) is 4.06. The van der Waals surface area contributed by atoms with Gasteiger partial charge in [-0.3, -0.25) is 4.79 Å². The van der Waals surface area contributed by atoms with Gasteiger partial charge in [0.2, 0.25) is 5.91 Å². The van der Waals surface area contributed by atoms with Crippen LogP contribution in [0.2, 0.25) is 5.02 Å². The Morgan fingerprint density at radius 2 is 2.29 bits per heavy atom. The molecule has 2 unspecified atom stereocenters. The molecular weight excluding hydrogens is 328 g/mol. The predicted octanol–water partition coefficient (Wildman–Crippen LogP) is 2.40. The van der Waals surface area contributed by atoms with E-state index in [1.54, 1.807) is 0 Å². The lowest BCUT2D eigenvalue weighted by molar-refractivity contribution is -0.136. The van der Waals surface area contributed by atoms with E-state index in [0.717, 1.165) is 38.1 Å². The van der Waals surface area contributed by atoms with E-state index in [2.05, 4.69) is 5.32 Å². The van der Waals surface area contributed by atoms with Crippen LogP contribution in [0.1, 0.15) is 30.9 Å². The normalized spacial score (nSPS) is 24.3. The summed E-state index contributed by atoms with van der Waals surface area (Å²) in [5.41, 5.74) is 1.000. The fraction of sp³-hybridized carbons (Fsp3) is 0.611. The molecule has 0 saturated carbocycles. The van der Waals surface area contributed by atoms with E-state index in [0.29, 0.717) is 31.2 Å². The molecule has 1 amide bonds. The highest BCUT2D eigenvalue weighted by molar-refractivity contribution is 6.31. The molecule has 0 aromatic heterocycles. The molecule has 0 spiro atoms. The molecule has 0 bridgehead atoms. The molecule has 0 aliphatic carbocycles. The van der Waals surface area contributed by atoms with Crippen molar-refractivity contribution in [3.8, 4) is 0 Å². The van der Waals surface area contributed by atoms with Crippen LogP contribution < -0.4 is 5.32 Å². The van der Waals surface area contributed by atoms with E-state index in [-0.39, 0.29) is 18.1 Å². The number of carbonyl (C=O) groups excluding carboxylic acids is 1. The molecule has 24 heavy (non-hydrogen) atoms. The molecule has 2 heterocycles. The van der Waals surface area contributed by atoms with Crippen LogP contribution in [0.25, 0.3) is 0 Å². The van der Waals surface area contributed by atoms with Gasteiger partial charge in [0.1, 0.15) is 0 Å². The fourth-order valence-corrected chi connectivity index (χ4v) is 3.58. The summed E-state index contributed by atoms with van der Waals surface area (Å²) < 4.78 is 11.2. The van der Waals surface area contributed by atoms with Crippen molar-refractivity contribution in [2.24, 2.45) is 0 Å². The van der Waals surface area contributed by atoms with Crippen LogP contribution in [-0.2, 0) is 14.3 Å². The number of halogens is 1. The number of carbonyl (C=O) groups is 1. The van der Waals surface area contributed by atoms with Crippen molar-refractivity contribution in [3.05, 3.63) is 34.9 Å². The van der Waals surface area contributed by atoms with Crippen LogP contribution >= 0.6 is 11.6 Å². The van der Waals surface area contributed by atoms with Gasteiger partial charge in [-0.15, -0.1) is 0 Å². The fourth-order valence-electron chi connectivity index (χ4n) is 3.32. The van der Waals surface area contributed by atoms with Crippen molar-refractivity contribution in [1.82, 2.24) is 10.2 Å². The van der Waals surface area contributed by atoms with Crippen LogP contribution in [0, 0.1) is 0 Å². The summed E-state index contributed by atoms with van der Waals surface area (Å²) in [6.07, 6.45) is 2.76. The summed E-state index contributed by atoms with van der Waals surface area (Å²) in [5.74, 6) is 0.119. The molecule has 2 saturated heterocycles. The van der Waals surface area contributed by atoms with Crippen LogP contribution in [0.5, 0.6) is 0 Å². The molecule has 2 fully saturated rings. The summed E-state index contributed by atoms with van der Waals surface area (Å²) in [4.78, 5) is 14.6. The van der Waals surface area contributed by atoms with Crippen LogP contribution in [0.4, 0.5) is 0 Å². The Bertz CT molecular complexity index is 549. The molecule has 132 valence electrons. The first-order chi connectivity index (χ1) is 11.8. The van der Waals surface area contributed by atoms with Gasteiger partial charge in [0, 0.05) is 31.3 Å². The summed E-state index contributed by atoms with van der Waals surface area (Å²) in [6.45, 7) is 4.09. The standard InChI is InChI=1S/C18H25ClN2O3/c19-16-6-2-1-5-15(16)17-12-20-8-9-21(17)18(22)7-11-23-13-14-4-3-10-24-14/h1-2,5-6,14,17,20H,3-4,7-13H2. The SMILES string of the molecule is O=C(CCOCC1CCCO1)N1CCNCC1c1ccccc1Cl. The van der Waals surface area contributed by atoms with Gasteiger partial charge in [-0.05, 0) is 24.5 Å². The molecule has 0 radical (unpaired) electrons. The van der Waals surface area contributed by atoms with Gasteiger partial charge in [-0.1, -0.05) is 29.8 Å². The molecule has 2 aliphatic heterocycles. The number of hydrogen-bond donors (Lipinski definition) is 1. The maximum atomic E-state index is 12.6. The van der Waals surface area contributed by atoms with Crippen molar-refractivity contribution < 1.29 is 14.3 Å². The molecular formula is C18H25ClN2O3. The number of nitrogens with zero attached hydrogens (tertiary/aromatic N) is 1. The molecule has 3 rings (SSSR count). The highest BCUT2D eigenvalue weighted by Gasteiger charge is 2.28. The van der Waals surface area contributed by atoms with Crippen LogP contribution in [0.15, 0.2) is 24.3 Å². The Kier molecular flexibility index (Phi) is 6.49. The quantitative estimate of drug-likeness (QED) is 0.799. The summed E-state index contributed by atoms with van der Waals surface area (Å²) >= 11 is 6.32. The zero-order chi connectivity index (χ0) is 16.8. The molecule has 2 atom stereocenters. The number of piperazine rings is 1. The first-order valence-corrected chi connectivity index (χ1v) is 9.07. The first-order valence-electron chi connectivity index (χ1n) is 8.69. The molecule has 1 aromatic rings. The highest BCUT2D eigenvalue weighted by atomic mass is 35.5. The number of rotatable bonds is 6. The maximum absolute atomic E-state index is 12.6. The van der Waals surface area contributed by atoms with Crippen LogP contribution in [-0.4, -0.2) is 56.4 Å². The minimum atomic E-state index is -0.0156. The van der Waals surface area contributed by atoms with Gasteiger partial charge in [0.25, 0.3) is 0 Å². The van der Waals surface area contributed by atoms with E-state index >= 15 is 0 Å². The van der Waals surface area contributed by atoms with Gasteiger partial charge >= 0.3 is 0 Å². The molecule has 6 heteroatoms. The third kappa shape index (κ3) is 4.48. The van der Waals surface area contributed by atoms with Crippen molar-refractivity contribution in [2.45, 2.75) is 31.4 Å². The van der Waals surface area contributed by atoms with Gasteiger partial charge in [0.05, 0.1) is 31.8 Å². The van der Waals surface area contributed by atoms with Crippen LogP contribution in [0.3, 0.4) is 0 Å². The Balaban J connectivity index is 1.52. The topological polar surface area (TPSA) is 50.8 Å². The Hall–Kier alpha value is -1.14. The number of hydrogen-bond acceptors (Lipinski definition) is 4. The van der Waals surface area contributed by atoms with Gasteiger partial charge in [0.15, 0.2) is 0 Å². The van der Waals surface area contributed by atoms with E-state index in [1.165, 1.54) is 0 Å². The number of ether oxygens (including phenoxy) is 2. The third-order valence-electron chi connectivity index (χ3n) is 4.62. The molecule has 1 aromatic carbocycles. The smallest absolute Gasteiger partial charge is 0.225 e. The largest absolute Gasteiger partial charge is 0.378 e. The monoisotopic (exact) mass is 352 g/mol. The van der Waals surface area contributed by atoms with Crippen molar-refractivity contribution in [3.63, 3.8) is 0 Å². The maximum Gasteiger partial charge on any atom is 0.225 e. The van der Waals surface area contributed by atoms with Gasteiger partial charge in [-0.25, -0.2) is 0 Å². The zero-order valence-corrected chi connectivity index (χ0v) is 14.6. The van der Waals surface area contributed by atoms with Crippen molar-refractivity contribution in [2.75, 3.05) is 39.5 Å². The number of amides is 1. The Labute approximate surface area is 148 Å². The molecule has 2 aliphatic rings. The second-order valence-electron chi connectivity index (χ2n) is 6.29. The highest BCUT2D eigenvalue weighted by Crippen LogP contribution is 2.28. The average molecular weight is 353 g/mol. The molecule has 1 N–H and O–H groups in total. The van der Waals surface area contributed by atoms with E-state index in [4.69, 9.17) is 21.1 Å². The van der Waals surface area contributed by atoms with Gasteiger partial charge < -0.3 is 19.7 Å². The average Bonchev–Trinajstić information content (AvgIpc) is 3.12. The minimum Gasteiger partial charge on any atom is -0.378 e. The van der Waals surface area contributed by atoms with E-state index in [9.17, 15) is 4.79 Å². The van der Waals surface area contributed by atoms with Gasteiger partial charge in [-0.2, -0.15) is 0 Å². The van der Waals surface area contributed by atoms with E-state index in [1.807, 2.05) is 29.2 Å². The lowest BCUT2D eigenvalue weighted by atomic mass is 10.0. The number of benzene rings is 1. The lowest BCUT2D eigenvalue weighted by Gasteiger charge is -2.37. The molecule has 5 nitrogen and oxygen atoms in total. The Morgan fingerprint density at radius 3 is 3.08 bits per heavy atom.